The predicted octanol–water partition coefficient (Wildman–Crippen LogP) is 3.26. The maximum Gasteiger partial charge on any atom is 0.577 e. The zero-order valence-electron chi connectivity index (χ0n) is 10.4. The predicted molar refractivity (Wildman–Crippen MR) is 64.7 cm³/mol. The van der Waals surface area contributed by atoms with Crippen molar-refractivity contribution in [3.63, 3.8) is 0 Å². The molecule has 120 valence electrons. The molecular weight excluding hydrogens is 337 g/mol. The Morgan fingerprint density at radius 3 is 1.95 bits per heavy atom. The largest absolute Gasteiger partial charge is 0.577 e. The van der Waals surface area contributed by atoms with Crippen molar-refractivity contribution in [2.75, 3.05) is 6.26 Å². The molecule has 0 fully saturated rings. The summed E-state index contributed by atoms with van der Waals surface area (Å²) in [5.74, 6) is -0.828. The zero-order valence-corrected chi connectivity index (χ0v) is 11.3. The highest BCUT2D eigenvalue weighted by atomic mass is 32.2. The Labute approximate surface area is 123 Å². The molecule has 22 heavy (non-hydrogen) atoms. The second kappa shape index (κ2) is 6.46. The second-order valence-electron chi connectivity index (χ2n) is 3.41. The molecule has 0 aliphatic rings. The SMILES string of the molecule is CSc1c([N+](=O)[O-])cc(OC(=O)OC(F)(F)F)cc1[N+](=O)[O-]. The molecule has 0 saturated carbocycles. The first-order valence-corrected chi connectivity index (χ1v) is 6.26. The Kier molecular flexibility index (Phi) is 5.14. The van der Waals surface area contributed by atoms with Crippen molar-refractivity contribution in [3.05, 3.63) is 32.4 Å². The van der Waals surface area contributed by atoms with E-state index in [0.29, 0.717) is 23.9 Å². The Hall–Kier alpha value is -2.57. The van der Waals surface area contributed by atoms with E-state index in [4.69, 9.17) is 0 Å². The summed E-state index contributed by atoms with van der Waals surface area (Å²) in [6.07, 6.45) is -6.23. The maximum atomic E-state index is 11.8. The second-order valence-corrected chi connectivity index (χ2v) is 4.23. The van der Waals surface area contributed by atoms with Crippen molar-refractivity contribution >= 4 is 29.3 Å². The van der Waals surface area contributed by atoms with Crippen LogP contribution in [0.25, 0.3) is 0 Å². The molecule has 0 bridgehead atoms. The number of alkyl halides is 3. The topological polar surface area (TPSA) is 122 Å². The van der Waals surface area contributed by atoms with Gasteiger partial charge in [-0.1, -0.05) is 0 Å². The first-order valence-electron chi connectivity index (χ1n) is 5.03. The molecule has 0 aliphatic carbocycles. The van der Waals surface area contributed by atoms with Gasteiger partial charge in [-0.2, -0.15) is 0 Å². The van der Waals surface area contributed by atoms with E-state index in [1.54, 1.807) is 0 Å². The van der Waals surface area contributed by atoms with Gasteiger partial charge in [0, 0.05) is 0 Å². The van der Waals surface area contributed by atoms with Gasteiger partial charge in [-0.3, -0.25) is 20.2 Å². The highest BCUT2D eigenvalue weighted by molar-refractivity contribution is 7.98. The lowest BCUT2D eigenvalue weighted by atomic mass is 10.2. The van der Waals surface area contributed by atoms with E-state index >= 15 is 0 Å². The molecule has 0 unspecified atom stereocenters. The average Bonchev–Trinajstić information content (AvgIpc) is 2.34. The van der Waals surface area contributed by atoms with Crippen molar-refractivity contribution in [2.24, 2.45) is 0 Å². The summed E-state index contributed by atoms with van der Waals surface area (Å²) in [5, 5.41) is 21.7. The first-order chi connectivity index (χ1) is 10.0. The number of thioether (sulfide) groups is 1. The molecule has 0 aromatic heterocycles. The molecule has 0 atom stereocenters. The van der Waals surface area contributed by atoms with E-state index in [0.717, 1.165) is 0 Å². The van der Waals surface area contributed by atoms with Gasteiger partial charge in [-0.15, -0.1) is 24.9 Å². The Bertz CT molecular complexity index is 599. The minimum Gasteiger partial charge on any atom is -0.394 e. The van der Waals surface area contributed by atoms with Gasteiger partial charge in [-0.05, 0) is 6.26 Å². The third kappa shape index (κ3) is 4.47. The van der Waals surface area contributed by atoms with Crippen molar-refractivity contribution < 1.29 is 37.3 Å². The highest BCUT2D eigenvalue weighted by Gasteiger charge is 2.36. The lowest BCUT2D eigenvalue weighted by Gasteiger charge is -2.08. The summed E-state index contributed by atoms with van der Waals surface area (Å²) in [4.78, 5) is 30.2. The number of nitro benzene ring substituents is 2. The molecule has 1 rings (SSSR count). The van der Waals surface area contributed by atoms with E-state index in [9.17, 15) is 38.2 Å². The fourth-order valence-corrected chi connectivity index (χ4v) is 2.01. The lowest BCUT2D eigenvalue weighted by molar-refractivity contribution is -0.399. The van der Waals surface area contributed by atoms with E-state index in [1.807, 2.05) is 0 Å². The van der Waals surface area contributed by atoms with Gasteiger partial charge in [0.05, 0.1) is 22.0 Å². The number of hydrogen-bond donors (Lipinski definition) is 0. The summed E-state index contributed by atoms with van der Waals surface area (Å²) in [7, 11) is 0. The van der Waals surface area contributed by atoms with Crippen LogP contribution < -0.4 is 4.74 Å². The van der Waals surface area contributed by atoms with Crippen molar-refractivity contribution in [1.82, 2.24) is 0 Å². The molecule has 13 heteroatoms. The standard InChI is InChI=1S/C9H5F3N2O7S/c1-22-7-5(13(16)17)2-4(3-6(7)14(18)19)20-8(15)21-9(10,11)12/h2-3H,1H3. The summed E-state index contributed by atoms with van der Waals surface area (Å²) < 4.78 is 42.4. The monoisotopic (exact) mass is 342 g/mol. The van der Waals surface area contributed by atoms with Gasteiger partial charge >= 0.3 is 12.5 Å². The van der Waals surface area contributed by atoms with Crippen molar-refractivity contribution in [3.8, 4) is 5.75 Å². The number of hydrogen-bond acceptors (Lipinski definition) is 8. The number of ether oxygens (including phenoxy) is 2. The number of nitro groups is 2. The molecule has 0 amide bonds. The fraction of sp³-hybridized carbons (Fsp3) is 0.222. The quantitative estimate of drug-likeness (QED) is 0.269. The van der Waals surface area contributed by atoms with Gasteiger partial charge in [0.15, 0.2) is 4.90 Å². The fourth-order valence-electron chi connectivity index (χ4n) is 1.32. The molecule has 1 aromatic carbocycles. The molecule has 0 saturated heterocycles. The van der Waals surface area contributed by atoms with Crippen LogP contribution in [-0.4, -0.2) is 28.6 Å². The summed E-state index contributed by atoms with van der Waals surface area (Å²) in [6.45, 7) is 0. The number of carbonyl (C=O) groups excluding carboxylic acids is 1. The normalized spacial score (nSPS) is 10.9. The van der Waals surface area contributed by atoms with Crippen LogP contribution in [0.4, 0.5) is 29.3 Å². The molecule has 0 radical (unpaired) electrons. The van der Waals surface area contributed by atoms with Crippen LogP contribution in [0.5, 0.6) is 5.75 Å². The number of rotatable bonds is 4. The Morgan fingerprint density at radius 1 is 1.18 bits per heavy atom. The van der Waals surface area contributed by atoms with Gasteiger partial charge in [0.1, 0.15) is 5.75 Å². The summed E-state index contributed by atoms with van der Waals surface area (Å²) >= 11 is 0.681. The minimum absolute atomic E-state index is 0.341. The van der Waals surface area contributed by atoms with Crippen LogP contribution in [-0.2, 0) is 4.74 Å². The van der Waals surface area contributed by atoms with Gasteiger partial charge in [-0.25, -0.2) is 4.79 Å². The minimum atomic E-state index is -5.33. The van der Waals surface area contributed by atoms with E-state index in [1.165, 1.54) is 6.26 Å². The van der Waals surface area contributed by atoms with Crippen LogP contribution in [0.3, 0.4) is 0 Å². The zero-order chi connectivity index (χ0) is 17.1. The lowest BCUT2D eigenvalue weighted by Crippen LogP contribution is -2.22. The molecule has 0 N–H and O–H groups in total. The first kappa shape index (κ1) is 17.5. The highest BCUT2D eigenvalue weighted by Crippen LogP contribution is 2.39. The third-order valence-electron chi connectivity index (χ3n) is 2.02. The van der Waals surface area contributed by atoms with Gasteiger partial charge < -0.3 is 9.47 Å². The smallest absolute Gasteiger partial charge is 0.394 e. The van der Waals surface area contributed by atoms with E-state index in [2.05, 4.69) is 9.47 Å². The Balaban J connectivity index is 3.24. The number of carbonyl (C=O) groups is 1. The maximum absolute atomic E-state index is 11.8. The van der Waals surface area contributed by atoms with Gasteiger partial charge in [0.25, 0.3) is 11.4 Å². The van der Waals surface area contributed by atoms with E-state index < -0.39 is 39.5 Å². The molecule has 1 aromatic rings. The summed E-state index contributed by atoms with van der Waals surface area (Å²) in [5.41, 5.74) is -1.59. The summed E-state index contributed by atoms with van der Waals surface area (Å²) in [6, 6.07) is 1.16. The molecule has 0 aliphatic heterocycles. The van der Waals surface area contributed by atoms with Crippen molar-refractivity contribution in [2.45, 2.75) is 11.3 Å². The average molecular weight is 342 g/mol. The van der Waals surface area contributed by atoms with Gasteiger partial charge in [0.2, 0.25) is 0 Å². The number of halogens is 3. The van der Waals surface area contributed by atoms with Crippen molar-refractivity contribution in [1.29, 1.82) is 0 Å². The van der Waals surface area contributed by atoms with Crippen LogP contribution in [0, 0.1) is 20.2 Å². The van der Waals surface area contributed by atoms with Crippen LogP contribution in [0.1, 0.15) is 0 Å². The number of benzene rings is 1. The van der Waals surface area contributed by atoms with Crippen LogP contribution >= 0.6 is 11.8 Å². The van der Waals surface area contributed by atoms with E-state index in [-0.39, 0.29) is 4.90 Å². The molecule has 0 spiro atoms. The van der Waals surface area contributed by atoms with Crippen LogP contribution in [0.2, 0.25) is 0 Å². The van der Waals surface area contributed by atoms with Crippen LogP contribution in [0.15, 0.2) is 17.0 Å². The molecule has 0 heterocycles. The molecule has 9 nitrogen and oxygen atoms in total. The third-order valence-corrected chi connectivity index (χ3v) is 2.85. The molecular formula is C9H5F3N2O7S. The number of nitrogens with zero attached hydrogens (tertiary/aromatic N) is 2. The Morgan fingerprint density at radius 2 is 1.64 bits per heavy atom.